The van der Waals surface area contributed by atoms with E-state index in [0.717, 1.165) is 12.0 Å². The molecule has 0 radical (unpaired) electrons. The van der Waals surface area contributed by atoms with Gasteiger partial charge >= 0.3 is 0 Å². The number of ether oxygens (including phenoxy) is 1. The van der Waals surface area contributed by atoms with Gasteiger partial charge in [-0.15, -0.1) is 0 Å². The number of halogens is 1. The van der Waals surface area contributed by atoms with Gasteiger partial charge in [-0.3, -0.25) is 0 Å². The predicted molar refractivity (Wildman–Crippen MR) is 71.0 cm³/mol. The van der Waals surface area contributed by atoms with Gasteiger partial charge in [-0.05, 0) is 38.3 Å². The second kappa shape index (κ2) is 5.15. The van der Waals surface area contributed by atoms with E-state index >= 15 is 0 Å². The van der Waals surface area contributed by atoms with Crippen LogP contribution in [0.4, 0.5) is 0 Å². The number of methoxy groups -OCH3 is 1. The van der Waals surface area contributed by atoms with Crippen molar-refractivity contribution < 1.29 is 9.84 Å². The van der Waals surface area contributed by atoms with E-state index in [4.69, 9.17) is 22.1 Å². The molecule has 1 aromatic rings. The molecule has 4 heteroatoms. The predicted octanol–water partition coefficient (Wildman–Crippen LogP) is 2.90. The largest absolute Gasteiger partial charge is 0.504 e. The molecule has 0 fully saturated rings. The molecule has 1 rings (SSSR count). The van der Waals surface area contributed by atoms with Crippen LogP contribution in [-0.2, 0) is 12.8 Å². The molecule has 0 saturated heterocycles. The molecule has 0 saturated carbocycles. The first-order chi connectivity index (χ1) is 7.80. The molecule has 0 unspecified atom stereocenters. The standard InChI is InChI=1S/C13H20ClNO2/c1-5-8-6-10(17-4)12(16)9(11(8)14)7-13(2,3)15/h6,16H,5,7,15H2,1-4H3. The fraction of sp³-hybridized carbons (Fsp3) is 0.538. The van der Waals surface area contributed by atoms with E-state index in [1.165, 1.54) is 7.11 Å². The highest BCUT2D eigenvalue weighted by molar-refractivity contribution is 6.32. The number of hydrogen-bond acceptors (Lipinski definition) is 3. The van der Waals surface area contributed by atoms with E-state index in [1.807, 2.05) is 20.8 Å². The van der Waals surface area contributed by atoms with Crippen LogP contribution in [0, 0.1) is 0 Å². The minimum Gasteiger partial charge on any atom is -0.504 e. The van der Waals surface area contributed by atoms with Crippen LogP contribution < -0.4 is 10.5 Å². The number of nitrogens with two attached hydrogens (primary N) is 1. The van der Waals surface area contributed by atoms with Crippen molar-refractivity contribution in [2.45, 2.75) is 39.2 Å². The highest BCUT2D eigenvalue weighted by Crippen LogP contribution is 2.39. The van der Waals surface area contributed by atoms with Gasteiger partial charge in [0.1, 0.15) is 0 Å². The van der Waals surface area contributed by atoms with Gasteiger partial charge in [-0.25, -0.2) is 0 Å². The third-order valence-corrected chi connectivity index (χ3v) is 3.08. The Hall–Kier alpha value is -0.930. The number of phenolic OH excluding ortho intramolecular Hbond substituents is 1. The molecule has 96 valence electrons. The lowest BCUT2D eigenvalue weighted by Crippen LogP contribution is -2.34. The maximum atomic E-state index is 10.1. The van der Waals surface area contributed by atoms with Crippen molar-refractivity contribution in [3.8, 4) is 11.5 Å². The maximum absolute atomic E-state index is 10.1. The van der Waals surface area contributed by atoms with Crippen LogP contribution >= 0.6 is 11.6 Å². The number of benzene rings is 1. The summed E-state index contributed by atoms with van der Waals surface area (Å²) in [5, 5.41) is 10.7. The molecule has 0 aliphatic rings. The van der Waals surface area contributed by atoms with Crippen molar-refractivity contribution in [3.63, 3.8) is 0 Å². The van der Waals surface area contributed by atoms with Crippen LogP contribution in [0.15, 0.2) is 6.07 Å². The molecule has 3 N–H and O–H groups in total. The van der Waals surface area contributed by atoms with Gasteiger partial charge in [0.25, 0.3) is 0 Å². The molecule has 3 nitrogen and oxygen atoms in total. The first kappa shape index (κ1) is 14.1. The van der Waals surface area contributed by atoms with Crippen molar-refractivity contribution in [2.75, 3.05) is 7.11 Å². The van der Waals surface area contributed by atoms with Gasteiger partial charge < -0.3 is 15.6 Å². The molecule has 1 aromatic carbocycles. The monoisotopic (exact) mass is 257 g/mol. The molecule has 0 heterocycles. The van der Waals surface area contributed by atoms with E-state index in [1.54, 1.807) is 6.07 Å². The van der Waals surface area contributed by atoms with E-state index in [0.29, 0.717) is 22.8 Å². The van der Waals surface area contributed by atoms with Gasteiger partial charge in [0.05, 0.1) is 12.1 Å². The Morgan fingerprint density at radius 1 is 1.47 bits per heavy atom. The van der Waals surface area contributed by atoms with E-state index in [2.05, 4.69) is 0 Å². The number of hydrogen-bond donors (Lipinski definition) is 2. The summed E-state index contributed by atoms with van der Waals surface area (Å²) in [5.74, 6) is 0.540. The average molecular weight is 258 g/mol. The van der Waals surface area contributed by atoms with Gasteiger partial charge in [0.2, 0.25) is 0 Å². The molecule has 0 aliphatic heterocycles. The highest BCUT2D eigenvalue weighted by atomic mass is 35.5. The van der Waals surface area contributed by atoms with Gasteiger partial charge in [-0.2, -0.15) is 0 Å². The van der Waals surface area contributed by atoms with E-state index < -0.39 is 5.54 Å². The van der Waals surface area contributed by atoms with Crippen LogP contribution in [0.2, 0.25) is 5.02 Å². The van der Waals surface area contributed by atoms with Crippen molar-refractivity contribution in [3.05, 3.63) is 22.2 Å². The zero-order valence-corrected chi connectivity index (χ0v) is 11.6. The number of phenols is 1. The second-order valence-corrected chi connectivity index (χ2v) is 5.28. The van der Waals surface area contributed by atoms with Crippen LogP contribution in [0.1, 0.15) is 31.9 Å². The summed E-state index contributed by atoms with van der Waals surface area (Å²) < 4.78 is 5.15. The fourth-order valence-corrected chi connectivity index (χ4v) is 2.11. The molecule has 0 spiro atoms. The van der Waals surface area contributed by atoms with Gasteiger partial charge in [0, 0.05) is 11.1 Å². The summed E-state index contributed by atoms with van der Waals surface area (Å²) >= 11 is 6.28. The van der Waals surface area contributed by atoms with Crippen LogP contribution in [0.25, 0.3) is 0 Å². The lowest BCUT2D eigenvalue weighted by atomic mass is 9.93. The summed E-state index contributed by atoms with van der Waals surface area (Å²) in [6.45, 7) is 5.80. The molecule has 17 heavy (non-hydrogen) atoms. The molecule has 0 amide bonds. The summed E-state index contributed by atoms with van der Waals surface area (Å²) in [5.41, 5.74) is 7.17. The molecular formula is C13H20ClNO2. The Morgan fingerprint density at radius 2 is 2.06 bits per heavy atom. The zero-order valence-electron chi connectivity index (χ0n) is 10.8. The van der Waals surface area contributed by atoms with Crippen molar-refractivity contribution in [1.82, 2.24) is 0 Å². The third-order valence-electron chi connectivity index (χ3n) is 2.60. The summed E-state index contributed by atoms with van der Waals surface area (Å²) in [6.07, 6.45) is 1.29. The number of aryl methyl sites for hydroxylation is 1. The molecule has 0 atom stereocenters. The Balaban J connectivity index is 3.35. The normalized spacial score (nSPS) is 11.6. The SMILES string of the molecule is CCc1cc(OC)c(O)c(CC(C)(C)N)c1Cl. The van der Waals surface area contributed by atoms with Crippen LogP contribution in [0.5, 0.6) is 11.5 Å². The van der Waals surface area contributed by atoms with E-state index in [-0.39, 0.29) is 5.75 Å². The number of rotatable bonds is 4. The lowest BCUT2D eigenvalue weighted by molar-refractivity contribution is 0.367. The van der Waals surface area contributed by atoms with Gasteiger partial charge in [-0.1, -0.05) is 18.5 Å². The average Bonchev–Trinajstić information content (AvgIpc) is 2.23. The minimum absolute atomic E-state index is 0.0909. The first-order valence-electron chi connectivity index (χ1n) is 5.66. The van der Waals surface area contributed by atoms with Gasteiger partial charge in [0.15, 0.2) is 11.5 Å². The fourth-order valence-electron chi connectivity index (χ4n) is 1.77. The molecule has 0 aromatic heterocycles. The van der Waals surface area contributed by atoms with E-state index in [9.17, 15) is 5.11 Å². The number of aromatic hydroxyl groups is 1. The summed E-state index contributed by atoms with van der Waals surface area (Å²) in [4.78, 5) is 0. The smallest absolute Gasteiger partial charge is 0.162 e. The maximum Gasteiger partial charge on any atom is 0.162 e. The van der Waals surface area contributed by atoms with Crippen molar-refractivity contribution >= 4 is 11.6 Å². The third kappa shape index (κ3) is 3.27. The quantitative estimate of drug-likeness (QED) is 0.872. The molecule has 0 aliphatic carbocycles. The Bertz CT molecular complexity index is 383. The Morgan fingerprint density at radius 3 is 2.47 bits per heavy atom. The second-order valence-electron chi connectivity index (χ2n) is 4.90. The highest BCUT2D eigenvalue weighted by Gasteiger charge is 2.21. The van der Waals surface area contributed by atoms with Crippen LogP contribution in [0.3, 0.4) is 0 Å². The zero-order chi connectivity index (χ0) is 13.2. The first-order valence-corrected chi connectivity index (χ1v) is 6.04. The summed E-state index contributed by atoms with van der Waals surface area (Å²) in [7, 11) is 1.53. The molecule has 0 bridgehead atoms. The van der Waals surface area contributed by atoms with Crippen LogP contribution in [-0.4, -0.2) is 17.8 Å². The van der Waals surface area contributed by atoms with Crippen molar-refractivity contribution in [2.24, 2.45) is 5.73 Å². The topological polar surface area (TPSA) is 55.5 Å². The molecular weight excluding hydrogens is 238 g/mol. The van der Waals surface area contributed by atoms with Crippen molar-refractivity contribution in [1.29, 1.82) is 0 Å². The lowest BCUT2D eigenvalue weighted by Gasteiger charge is -2.22. The minimum atomic E-state index is -0.432. The Kier molecular flexibility index (Phi) is 4.28. The Labute approximate surface area is 108 Å². The summed E-state index contributed by atoms with van der Waals surface area (Å²) in [6, 6.07) is 1.77.